The highest BCUT2D eigenvalue weighted by atomic mass is 19.1. The van der Waals surface area contributed by atoms with E-state index in [4.69, 9.17) is 5.26 Å². The summed E-state index contributed by atoms with van der Waals surface area (Å²) in [5.41, 5.74) is 1.62. The molecular weight excluding hydrogens is 345 g/mol. The van der Waals surface area contributed by atoms with Crippen LogP contribution in [0.1, 0.15) is 19.3 Å². The van der Waals surface area contributed by atoms with E-state index >= 15 is 0 Å². The third kappa shape index (κ3) is 3.71. The fourth-order valence-corrected chi connectivity index (χ4v) is 4.05. The van der Waals surface area contributed by atoms with E-state index in [9.17, 15) is 9.18 Å². The Morgan fingerprint density at radius 3 is 3.11 bits per heavy atom. The van der Waals surface area contributed by atoms with E-state index < -0.39 is 0 Å². The minimum atomic E-state index is -0.354. The lowest BCUT2D eigenvalue weighted by Crippen LogP contribution is -2.42. The van der Waals surface area contributed by atoms with Crippen LogP contribution in [0.5, 0.6) is 0 Å². The van der Waals surface area contributed by atoms with Gasteiger partial charge in [0.1, 0.15) is 11.9 Å². The number of nitrogens with one attached hydrogen (secondary N) is 1. The maximum Gasteiger partial charge on any atom is 0.237 e. The lowest BCUT2D eigenvalue weighted by atomic mass is 10.1. The monoisotopic (exact) mass is 367 g/mol. The van der Waals surface area contributed by atoms with Gasteiger partial charge in [-0.25, -0.2) is 4.39 Å². The number of hydrogen-bond donors (Lipinski definition) is 1. The number of hydrogen-bond acceptors (Lipinski definition) is 5. The summed E-state index contributed by atoms with van der Waals surface area (Å²) in [6.45, 7) is 2.60. The second-order valence-corrected chi connectivity index (χ2v) is 7.27. The normalized spacial score (nSPS) is 22.9. The van der Waals surface area contributed by atoms with E-state index in [0.29, 0.717) is 13.1 Å². The number of fused-ring (bicyclic) bond motifs is 1. The Balaban J connectivity index is 1.38. The van der Waals surface area contributed by atoms with Crippen LogP contribution in [0.15, 0.2) is 30.5 Å². The average Bonchev–Trinajstić information content (AvgIpc) is 3.31. The molecule has 2 aliphatic heterocycles. The number of nitrogens with zero attached hydrogens (tertiary/aromatic N) is 4. The summed E-state index contributed by atoms with van der Waals surface area (Å²) in [6.07, 6.45) is 3.81. The number of likely N-dealkylation sites (tertiary alicyclic amines) is 2. The third-order valence-corrected chi connectivity index (χ3v) is 5.41. The van der Waals surface area contributed by atoms with E-state index in [1.54, 1.807) is 4.90 Å². The van der Waals surface area contributed by atoms with Crippen molar-refractivity contribution in [3.05, 3.63) is 36.3 Å². The van der Waals surface area contributed by atoms with Gasteiger partial charge >= 0.3 is 0 Å². The number of carbonyl (C=O) groups is 1. The third-order valence-electron chi connectivity index (χ3n) is 5.41. The van der Waals surface area contributed by atoms with Gasteiger partial charge in [-0.05, 0) is 37.5 Å². The van der Waals surface area contributed by atoms with Gasteiger partial charge in [-0.3, -0.25) is 14.7 Å². The van der Waals surface area contributed by atoms with Crippen LogP contribution in [0.4, 0.5) is 10.1 Å². The van der Waals surface area contributed by atoms with Gasteiger partial charge in [-0.1, -0.05) is 6.07 Å². The van der Waals surface area contributed by atoms with Crippen molar-refractivity contribution in [2.75, 3.05) is 31.5 Å². The number of benzene rings is 1. The SMILES string of the molecule is N#C[C@@H]1CCCN1C(=O)CN1CC[C@H](Nc2cccc3ncc(F)cc23)C1. The number of halogens is 1. The predicted molar refractivity (Wildman–Crippen MR) is 101 cm³/mol. The molecule has 140 valence electrons. The molecule has 2 saturated heterocycles. The quantitative estimate of drug-likeness (QED) is 0.898. The summed E-state index contributed by atoms with van der Waals surface area (Å²) in [7, 11) is 0. The maximum absolute atomic E-state index is 13.6. The number of carbonyl (C=O) groups excluding carboxylic acids is 1. The molecule has 0 unspecified atom stereocenters. The Hall–Kier alpha value is -2.72. The van der Waals surface area contributed by atoms with Crippen molar-refractivity contribution in [1.82, 2.24) is 14.8 Å². The number of aromatic nitrogens is 1. The molecule has 2 fully saturated rings. The Kier molecular flexibility index (Phi) is 4.90. The standard InChI is InChI=1S/C20H22FN5O/c21-14-9-17-18(23-11-14)4-1-5-19(17)24-15-6-8-25(12-15)13-20(27)26-7-2-3-16(26)10-22/h1,4-5,9,11,15-16,24H,2-3,6-8,12-13H2/t15-,16-/m0/s1. The molecule has 27 heavy (non-hydrogen) atoms. The summed E-state index contributed by atoms with van der Waals surface area (Å²) < 4.78 is 13.6. The van der Waals surface area contributed by atoms with Gasteiger partial charge in [0.15, 0.2) is 0 Å². The fraction of sp³-hybridized carbons (Fsp3) is 0.450. The Morgan fingerprint density at radius 1 is 1.37 bits per heavy atom. The molecule has 0 saturated carbocycles. The van der Waals surface area contributed by atoms with Crippen LogP contribution in [0, 0.1) is 17.1 Å². The molecular formula is C20H22FN5O. The predicted octanol–water partition coefficient (Wildman–Crippen LogP) is 2.37. The topological polar surface area (TPSA) is 72.3 Å². The molecule has 4 rings (SSSR count). The summed E-state index contributed by atoms with van der Waals surface area (Å²) in [5.74, 6) is -0.316. The molecule has 7 heteroatoms. The number of nitriles is 1. The molecule has 6 nitrogen and oxygen atoms in total. The van der Waals surface area contributed by atoms with E-state index in [-0.39, 0.29) is 23.8 Å². The molecule has 0 bridgehead atoms. The summed E-state index contributed by atoms with van der Waals surface area (Å²) in [5, 5.41) is 13.4. The molecule has 2 aromatic rings. The highest BCUT2D eigenvalue weighted by molar-refractivity contribution is 5.91. The van der Waals surface area contributed by atoms with Crippen molar-refractivity contribution in [3.8, 4) is 6.07 Å². The highest BCUT2D eigenvalue weighted by Crippen LogP contribution is 2.25. The van der Waals surface area contributed by atoms with Crippen molar-refractivity contribution in [3.63, 3.8) is 0 Å². The number of rotatable bonds is 4. The first kappa shape index (κ1) is 17.7. The van der Waals surface area contributed by atoms with Crippen molar-refractivity contribution >= 4 is 22.5 Å². The second-order valence-electron chi connectivity index (χ2n) is 7.27. The number of pyridine rings is 1. The molecule has 1 amide bonds. The van der Waals surface area contributed by atoms with Crippen LogP contribution < -0.4 is 5.32 Å². The summed E-state index contributed by atoms with van der Waals surface area (Å²) >= 11 is 0. The smallest absolute Gasteiger partial charge is 0.237 e. The van der Waals surface area contributed by atoms with E-state index in [1.807, 2.05) is 18.2 Å². The Bertz CT molecular complexity index is 896. The minimum absolute atomic E-state index is 0.0381. The molecule has 1 N–H and O–H groups in total. The molecule has 2 atom stereocenters. The van der Waals surface area contributed by atoms with E-state index in [0.717, 1.165) is 48.9 Å². The largest absolute Gasteiger partial charge is 0.380 e. The van der Waals surface area contributed by atoms with Crippen molar-refractivity contribution < 1.29 is 9.18 Å². The van der Waals surface area contributed by atoms with Crippen LogP contribution in [-0.4, -0.2) is 59.0 Å². The van der Waals surface area contributed by atoms with Gasteiger partial charge < -0.3 is 10.2 Å². The first-order valence-corrected chi connectivity index (χ1v) is 9.36. The molecule has 1 aromatic carbocycles. The van der Waals surface area contributed by atoms with Crippen LogP contribution in [0.2, 0.25) is 0 Å². The average molecular weight is 367 g/mol. The molecule has 0 radical (unpaired) electrons. The minimum Gasteiger partial charge on any atom is -0.380 e. The van der Waals surface area contributed by atoms with Crippen molar-refractivity contribution in [2.24, 2.45) is 0 Å². The molecule has 0 spiro atoms. The first-order chi connectivity index (χ1) is 13.1. The van der Waals surface area contributed by atoms with Crippen LogP contribution in [0.3, 0.4) is 0 Å². The maximum atomic E-state index is 13.6. The van der Waals surface area contributed by atoms with Gasteiger partial charge in [0.05, 0.1) is 24.3 Å². The molecule has 0 aliphatic carbocycles. The second kappa shape index (κ2) is 7.49. The Labute approximate surface area is 157 Å². The lowest BCUT2D eigenvalue weighted by Gasteiger charge is -2.23. The number of amides is 1. The van der Waals surface area contributed by atoms with Gasteiger partial charge in [0, 0.05) is 36.7 Å². The highest BCUT2D eigenvalue weighted by Gasteiger charge is 2.31. The van der Waals surface area contributed by atoms with Crippen molar-refractivity contribution in [1.29, 1.82) is 5.26 Å². The molecule has 2 aliphatic rings. The van der Waals surface area contributed by atoms with Crippen LogP contribution in [0.25, 0.3) is 10.9 Å². The molecule has 1 aromatic heterocycles. The van der Waals surface area contributed by atoms with Crippen LogP contribution >= 0.6 is 0 Å². The zero-order chi connectivity index (χ0) is 18.8. The zero-order valence-corrected chi connectivity index (χ0v) is 15.1. The van der Waals surface area contributed by atoms with Gasteiger partial charge in [-0.15, -0.1) is 0 Å². The summed E-state index contributed by atoms with van der Waals surface area (Å²) in [6, 6.07) is 9.33. The van der Waals surface area contributed by atoms with E-state index in [2.05, 4.69) is 21.3 Å². The first-order valence-electron chi connectivity index (χ1n) is 9.36. The van der Waals surface area contributed by atoms with Crippen molar-refractivity contribution in [2.45, 2.75) is 31.3 Å². The summed E-state index contributed by atoms with van der Waals surface area (Å²) in [4.78, 5) is 20.5. The van der Waals surface area contributed by atoms with Gasteiger partial charge in [0.25, 0.3) is 0 Å². The Morgan fingerprint density at radius 2 is 2.26 bits per heavy atom. The van der Waals surface area contributed by atoms with Gasteiger partial charge in [-0.2, -0.15) is 5.26 Å². The fourth-order valence-electron chi connectivity index (χ4n) is 4.05. The van der Waals surface area contributed by atoms with Gasteiger partial charge in [0.2, 0.25) is 5.91 Å². The number of anilines is 1. The van der Waals surface area contributed by atoms with E-state index in [1.165, 1.54) is 12.3 Å². The van der Waals surface area contributed by atoms with Crippen LogP contribution in [-0.2, 0) is 4.79 Å². The zero-order valence-electron chi connectivity index (χ0n) is 15.1. The lowest BCUT2D eigenvalue weighted by molar-refractivity contribution is -0.132. The molecule has 3 heterocycles.